The van der Waals surface area contributed by atoms with Gasteiger partial charge >= 0.3 is 0 Å². The molecule has 0 saturated carbocycles. The van der Waals surface area contributed by atoms with Crippen LogP contribution in [-0.4, -0.2) is 42.4 Å². The van der Waals surface area contributed by atoms with Crippen LogP contribution in [0.4, 0.5) is 5.69 Å². The second kappa shape index (κ2) is 10.6. The number of nitrogens with one attached hydrogen (secondary N) is 4. The lowest BCUT2D eigenvalue weighted by atomic mass is 9.90. The number of fused-ring (bicyclic) bond motifs is 2. The first-order valence-corrected chi connectivity index (χ1v) is 12.2. The first-order valence-electron chi connectivity index (χ1n) is 12.2. The lowest BCUT2D eigenvalue weighted by Crippen LogP contribution is -2.42. The minimum Gasteiger partial charge on any atom is -0.497 e. The quantitative estimate of drug-likeness (QED) is 0.296. The smallest absolute Gasteiger partial charge is 0.254 e. The Hall–Kier alpha value is -4.59. The lowest BCUT2D eigenvalue weighted by Gasteiger charge is -2.19. The average Bonchev–Trinajstić information content (AvgIpc) is 3.30. The van der Waals surface area contributed by atoms with E-state index in [1.165, 1.54) is 0 Å². The molecule has 4 aromatic rings. The number of hydrogen-bond donors (Lipinski definition) is 4. The monoisotopic (exact) mass is 496 g/mol. The number of hydrogen-bond acceptors (Lipinski definition) is 4. The second-order valence-electron chi connectivity index (χ2n) is 9.02. The molecule has 3 aromatic carbocycles. The van der Waals surface area contributed by atoms with Crippen molar-refractivity contribution >= 4 is 34.3 Å². The van der Waals surface area contributed by atoms with Crippen LogP contribution in [0, 0.1) is 0 Å². The van der Waals surface area contributed by atoms with E-state index < -0.39 is 6.04 Å². The highest BCUT2D eigenvalue weighted by Crippen LogP contribution is 2.31. The number of ether oxygens (including phenoxy) is 1. The van der Waals surface area contributed by atoms with Gasteiger partial charge < -0.3 is 25.7 Å². The van der Waals surface area contributed by atoms with Crippen LogP contribution in [0.5, 0.6) is 5.75 Å². The average molecular weight is 497 g/mol. The van der Waals surface area contributed by atoms with Gasteiger partial charge in [0.05, 0.1) is 18.4 Å². The van der Waals surface area contributed by atoms with E-state index in [9.17, 15) is 14.4 Å². The van der Waals surface area contributed by atoms with E-state index in [0.717, 1.165) is 27.8 Å². The number of methoxy groups -OCH3 is 1. The number of H-pyrrole nitrogens is 1. The zero-order chi connectivity index (χ0) is 25.8. The van der Waals surface area contributed by atoms with Gasteiger partial charge in [-0.1, -0.05) is 42.5 Å². The van der Waals surface area contributed by atoms with E-state index in [4.69, 9.17) is 4.74 Å². The molecule has 0 radical (unpaired) electrons. The standard InChI is InChI=1S/C29H28N4O4/c1-37-19-12-10-18(11-13-19)22(23-17-30-24-8-4-2-6-20(23)24)16-31-27(34)15-14-26-29(36)32-25-9-5-3-7-21(25)28(35)33-26/h2-13,17,22,26,30H,14-16H2,1H3,(H,31,34)(H,32,36)(H,33,35)/t22?,26-/m0/s1. The molecule has 8 nitrogen and oxygen atoms in total. The molecule has 8 heteroatoms. The minimum absolute atomic E-state index is 0.0952. The molecule has 1 aliphatic rings. The maximum Gasteiger partial charge on any atom is 0.254 e. The largest absolute Gasteiger partial charge is 0.497 e. The molecule has 0 fully saturated rings. The SMILES string of the molecule is COc1ccc(C(CNC(=O)CC[C@@H]2NC(=O)c3ccccc3NC2=O)c2c[nH]c3ccccc23)cc1. The van der Waals surface area contributed by atoms with Crippen LogP contribution in [0.1, 0.15) is 40.2 Å². The molecule has 5 rings (SSSR count). The van der Waals surface area contributed by atoms with Gasteiger partial charge in [0.1, 0.15) is 11.8 Å². The third kappa shape index (κ3) is 5.18. The van der Waals surface area contributed by atoms with Crippen molar-refractivity contribution in [2.75, 3.05) is 19.0 Å². The van der Waals surface area contributed by atoms with Gasteiger partial charge in [-0.3, -0.25) is 14.4 Å². The topological polar surface area (TPSA) is 112 Å². The molecular weight excluding hydrogens is 468 g/mol. The predicted octanol–water partition coefficient (Wildman–Crippen LogP) is 3.96. The first-order chi connectivity index (χ1) is 18.0. The molecule has 2 atom stereocenters. The Kier molecular flexibility index (Phi) is 6.89. The van der Waals surface area contributed by atoms with Crippen LogP contribution in [0.3, 0.4) is 0 Å². The van der Waals surface area contributed by atoms with Gasteiger partial charge in [0, 0.05) is 36.0 Å². The van der Waals surface area contributed by atoms with Crippen molar-refractivity contribution in [2.24, 2.45) is 0 Å². The van der Waals surface area contributed by atoms with Crippen molar-refractivity contribution in [3.05, 3.63) is 95.7 Å². The van der Waals surface area contributed by atoms with Crippen LogP contribution in [0.15, 0.2) is 79.0 Å². The van der Waals surface area contributed by atoms with E-state index in [1.54, 1.807) is 31.4 Å². The fraction of sp³-hybridized carbons (Fsp3) is 0.207. The van der Waals surface area contributed by atoms with Crippen molar-refractivity contribution in [1.29, 1.82) is 0 Å². The molecule has 0 bridgehead atoms. The summed E-state index contributed by atoms with van der Waals surface area (Å²) in [5, 5.41) is 9.64. The molecule has 3 amide bonds. The highest BCUT2D eigenvalue weighted by molar-refractivity contribution is 6.09. The van der Waals surface area contributed by atoms with Crippen molar-refractivity contribution in [3.63, 3.8) is 0 Å². The fourth-order valence-electron chi connectivity index (χ4n) is 4.72. The van der Waals surface area contributed by atoms with Crippen molar-refractivity contribution in [2.45, 2.75) is 24.8 Å². The fourth-order valence-corrected chi connectivity index (χ4v) is 4.72. The van der Waals surface area contributed by atoms with Gasteiger partial charge in [0.2, 0.25) is 11.8 Å². The van der Waals surface area contributed by atoms with Gasteiger partial charge in [-0.05, 0) is 47.9 Å². The van der Waals surface area contributed by atoms with Gasteiger partial charge in [-0.25, -0.2) is 0 Å². The normalized spacial score (nSPS) is 15.8. The van der Waals surface area contributed by atoms with E-state index in [0.29, 0.717) is 17.8 Å². The zero-order valence-electron chi connectivity index (χ0n) is 20.4. The molecular formula is C29H28N4O4. The van der Waals surface area contributed by atoms with Gasteiger partial charge in [0.15, 0.2) is 0 Å². The number of amides is 3. The van der Waals surface area contributed by atoms with Crippen LogP contribution in [-0.2, 0) is 9.59 Å². The third-order valence-corrected chi connectivity index (χ3v) is 6.73. The molecule has 0 spiro atoms. The molecule has 188 valence electrons. The second-order valence-corrected chi connectivity index (χ2v) is 9.02. The Bertz CT molecular complexity index is 1440. The minimum atomic E-state index is -0.795. The number of aromatic nitrogens is 1. The Balaban J connectivity index is 1.27. The maximum atomic E-state index is 12.9. The Labute approximate surface area is 214 Å². The zero-order valence-corrected chi connectivity index (χ0v) is 20.4. The maximum absolute atomic E-state index is 12.9. The molecule has 1 unspecified atom stereocenters. The third-order valence-electron chi connectivity index (χ3n) is 6.73. The molecule has 1 aromatic heterocycles. The Morgan fingerprint density at radius 1 is 1.00 bits per heavy atom. The summed E-state index contributed by atoms with van der Waals surface area (Å²) in [5.41, 5.74) is 4.02. The number of aromatic amines is 1. The van der Waals surface area contributed by atoms with Crippen molar-refractivity contribution < 1.29 is 19.1 Å². The Morgan fingerprint density at radius 2 is 1.76 bits per heavy atom. The number of para-hydroxylation sites is 2. The van der Waals surface area contributed by atoms with Crippen LogP contribution >= 0.6 is 0 Å². The van der Waals surface area contributed by atoms with Gasteiger partial charge in [0.25, 0.3) is 5.91 Å². The van der Waals surface area contributed by atoms with E-state index >= 15 is 0 Å². The van der Waals surface area contributed by atoms with E-state index in [-0.39, 0.29) is 36.5 Å². The molecule has 37 heavy (non-hydrogen) atoms. The number of benzene rings is 3. The van der Waals surface area contributed by atoms with Crippen LogP contribution in [0.25, 0.3) is 10.9 Å². The molecule has 0 aliphatic carbocycles. The molecule has 2 heterocycles. The van der Waals surface area contributed by atoms with E-state index in [2.05, 4.69) is 27.0 Å². The number of anilines is 1. The molecule has 1 aliphatic heterocycles. The summed E-state index contributed by atoms with van der Waals surface area (Å²) in [6, 6.07) is 21.9. The molecule has 0 saturated heterocycles. The summed E-state index contributed by atoms with van der Waals surface area (Å²) >= 11 is 0. The lowest BCUT2D eigenvalue weighted by molar-refractivity contribution is -0.121. The van der Waals surface area contributed by atoms with Gasteiger partial charge in [-0.2, -0.15) is 0 Å². The summed E-state index contributed by atoms with van der Waals surface area (Å²) < 4.78 is 5.30. The summed E-state index contributed by atoms with van der Waals surface area (Å²) in [5.74, 6) is -0.195. The molecule has 4 N–H and O–H groups in total. The number of carbonyl (C=O) groups excluding carboxylic acids is 3. The summed E-state index contributed by atoms with van der Waals surface area (Å²) in [4.78, 5) is 41.4. The van der Waals surface area contributed by atoms with Gasteiger partial charge in [-0.15, -0.1) is 0 Å². The Morgan fingerprint density at radius 3 is 2.57 bits per heavy atom. The van der Waals surface area contributed by atoms with Crippen molar-refractivity contribution in [1.82, 2.24) is 15.6 Å². The highest BCUT2D eigenvalue weighted by atomic mass is 16.5. The van der Waals surface area contributed by atoms with Crippen LogP contribution < -0.4 is 20.7 Å². The van der Waals surface area contributed by atoms with E-state index in [1.807, 2.05) is 48.7 Å². The summed E-state index contributed by atoms with van der Waals surface area (Å²) in [6.45, 7) is 0.377. The summed E-state index contributed by atoms with van der Waals surface area (Å²) in [6.07, 6.45) is 2.27. The first kappa shape index (κ1) is 24.1. The highest BCUT2D eigenvalue weighted by Gasteiger charge is 2.28. The number of rotatable bonds is 8. The van der Waals surface area contributed by atoms with Crippen molar-refractivity contribution in [3.8, 4) is 5.75 Å². The van der Waals surface area contributed by atoms with Crippen LogP contribution in [0.2, 0.25) is 0 Å². The summed E-state index contributed by atoms with van der Waals surface area (Å²) in [7, 11) is 1.63. The number of carbonyl (C=O) groups is 3. The predicted molar refractivity (Wildman–Crippen MR) is 142 cm³/mol.